The van der Waals surface area contributed by atoms with E-state index in [4.69, 9.17) is 0 Å². The van der Waals surface area contributed by atoms with E-state index in [1.54, 1.807) is 0 Å². The van der Waals surface area contributed by atoms with Crippen molar-refractivity contribution in [3.63, 3.8) is 0 Å². The summed E-state index contributed by atoms with van der Waals surface area (Å²) < 4.78 is 134. The first-order valence-corrected chi connectivity index (χ1v) is 5.72. The molecule has 0 N–H and O–H groups in total. The maximum Gasteiger partial charge on any atom is 0.463 e. The fourth-order valence-electron chi connectivity index (χ4n) is 0.703. The lowest BCUT2D eigenvalue weighted by Crippen LogP contribution is -2.46. The van der Waals surface area contributed by atoms with Crippen molar-refractivity contribution >= 4 is 24.7 Å². The number of rotatable bonds is 3. The van der Waals surface area contributed by atoms with Crippen LogP contribution in [0, 0.1) is 0 Å². The zero-order valence-corrected chi connectivity index (χ0v) is 9.70. The van der Waals surface area contributed by atoms with Crippen molar-refractivity contribution in [3.8, 4) is 0 Å². The average molecular weight is 343 g/mol. The first-order chi connectivity index (χ1) is 8.06. The molecule has 0 unspecified atom stereocenters. The molecule has 0 aliphatic heterocycles. The van der Waals surface area contributed by atoms with Crippen molar-refractivity contribution in [2.45, 2.75) is 23.7 Å². The van der Waals surface area contributed by atoms with Crippen LogP contribution in [0.4, 0.5) is 43.9 Å². The summed E-state index contributed by atoms with van der Waals surface area (Å²) in [4.78, 5) is 0. The predicted octanol–water partition coefficient (Wildman–Crippen LogP) is 4.68. The van der Waals surface area contributed by atoms with Crippen molar-refractivity contribution in [2.75, 3.05) is 0 Å². The second kappa shape index (κ2) is 4.71. The highest BCUT2D eigenvalue weighted by atomic mass is 32.1. The van der Waals surface area contributed by atoms with Crippen molar-refractivity contribution in [1.82, 2.24) is 0 Å². The van der Waals surface area contributed by atoms with Crippen LogP contribution in [0.2, 0.25) is 0 Å². The van der Waals surface area contributed by atoms with Gasteiger partial charge >= 0.3 is 31.0 Å². The molecule has 0 saturated heterocycles. The van der Waals surface area contributed by atoms with Gasteiger partial charge < -0.3 is 0 Å². The average Bonchev–Trinajstić information content (AvgIpc) is 2.13. The third-order valence-corrected chi connectivity index (χ3v) is 4.26. The van der Waals surface area contributed by atoms with Gasteiger partial charge in [-0.15, -0.1) is 0 Å². The molecular formula is C5F10NOPS. The Hall–Kier alpha value is -0.670. The van der Waals surface area contributed by atoms with Gasteiger partial charge in [0.1, 0.15) is 0 Å². The number of hydrogen-bond donors (Lipinski definition) is 0. The molecule has 0 aromatic rings. The maximum absolute atomic E-state index is 12.6. The molecule has 0 aliphatic rings. The van der Waals surface area contributed by atoms with Crippen LogP contribution < -0.4 is 0 Å². The van der Waals surface area contributed by atoms with Crippen LogP contribution in [0.5, 0.6) is 0 Å². The zero-order chi connectivity index (χ0) is 15.9. The molecule has 19 heavy (non-hydrogen) atoms. The second-order valence-electron chi connectivity index (χ2n) is 2.85. The fourth-order valence-corrected chi connectivity index (χ4v) is 2.45. The largest absolute Gasteiger partial charge is 0.463 e. The molecular weight excluding hydrogens is 343 g/mol. The summed E-state index contributed by atoms with van der Waals surface area (Å²) in [7, 11) is -7.88. The van der Waals surface area contributed by atoms with Crippen LogP contribution in [0.25, 0.3) is 0 Å². The van der Waals surface area contributed by atoms with Gasteiger partial charge in [-0.25, -0.2) is 0 Å². The van der Waals surface area contributed by atoms with Crippen molar-refractivity contribution in [3.05, 3.63) is 0 Å². The quantitative estimate of drug-likeness (QED) is 0.322. The molecule has 14 heteroatoms. The van der Waals surface area contributed by atoms with Gasteiger partial charge in [0.2, 0.25) is 0 Å². The van der Waals surface area contributed by atoms with Crippen LogP contribution in [0.3, 0.4) is 0 Å². The normalized spacial score (nSPS) is 15.1. The lowest BCUT2D eigenvalue weighted by Gasteiger charge is -2.31. The number of isothiocyanates is 1. The Labute approximate surface area is 102 Å². The molecule has 0 bridgehead atoms. The lowest BCUT2D eigenvalue weighted by atomic mass is 10.7. The molecule has 0 aliphatic carbocycles. The van der Waals surface area contributed by atoms with E-state index in [0.29, 0.717) is 5.16 Å². The van der Waals surface area contributed by atoms with E-state index >= 15 is 0 Å². The summed E-state index contributed by atoms with van der Waals surface area (Å²) in [5.74, 6) is 0. The lowest BCUT2D eigenvalue weighted by molar-refractivity contribution is -0.266. The second-order valence-corrected chi connectivity index (χ2v) is 5.50. The van der Waals surface area contributed by atoms with Crippen LogP contribution in [0.1, 0.15) is 0 Å². The van der Waals surface area contributed by atoms with Gasteiger partial charge in [-0.3, -0.25) is 4.57 Å². The van der Waals surface area contributed by atoms with E-state index in [2.05, 4.69) is 12.2 Å². The van der Waals surface area contributed by atoms with E-state index in [9.17, 15) is 48.5 Å². The molecule has 0 atom stereocenters. The third kappa shape index (κ3) is 2.63. The summed E-state index contributed by atoms with van der Waals surface area (Å²) in [6.07, 6.45) is -13.9. The van der Waals surface area contributed by atoms with Crippen LogP contribution in [-0.4, -0.2) is 28.8 Å². The number of nitrogens with zero attached hydrogens (tertiary/aromatic N) is 1. The van der Waals surface area contributed by atoms with Crippen molar-refractivity contribution < 1.29 is 48.5 Å². The van der Waals surface area contributed by atoms with Gasteiger partial charge in [0.25, 0.3) is 0 Å². The molecule has 0 aromatic heterocycles. The highest BCUT2D eigenvalue weighted by Gasteiger charge is 2.84. The molecule has 112 valence electrons. The monoisotopic (exact) mass is 343 g/mol. The van der Waals surface area contributed by atoms with E-state index in [1.165, 1.54) is 4.76 Å². The van der Waals surface area contributed by atoms with Crippen molar-refractivity contribution in [2.24, 2.45) is 4.76 Å². The summed E-state index contributed by atoms with van der Waals surface area (Å²) in [6, 6.07) is 0. The van der Waals surface area contributed by atoms with E-state index < -0.39 is 31.0 Å². The molecule has 0 radical (unpaired) electrons. The standard InChI is InChI=1S/C5F10NOPS/c6-2(7,8)4(12,13)18(17,16-1-19)5(14,15)3(9,10)11. The Morgan fingerprint density at radius 1 is 0.789 bits per heavy atom. The van der Waals surface area contributed by atoms with Gasteiger partial charge in [0.05, 0.1) is 5.16 Å². The number of thiocarbonyl (C=S) groups is 1. The number of alkyl halides is 10. The summed E-state index contributed by atoms with van der Waals surface area (Å²) in [6.45, 7) is 0. The van der Waals surface area contributed by atoms with Gasteiger partial charge in [0, 0.05) is 0 Å². The minimum atomic E-state index is -7.88. The summed E-state index contributed by atoms with van der Waals surface area (Å²) in [5.41, 5.74) is -13.9. The SMILES string of the molecule is O=P(N=C=S)(C(F)(F)C(F)(F)F)C(F)(F)C(F)(F)F. The van der Waals surface area contributed by atoms with Crippen LogP contribution in [-0.2, 0) is 4.57 Å². The number of hydrogen-bond acceptors (Lipinski definition) is 2. The molecule has 0 heterocycles. The first kappa shape index (κ1) is 18.3. The molecule has 0 saturated carbocycles. The number of halogens is 10. The molecule has 2 nitrogen and oxygen atoms in total. The first-order valence-electron chi connectivity index (χ1n) is 3.65. The zero-order valence-electron chi connectivity index (χ0n) is 7.99. The summed E-state index contributed by atoms with van der Waals surface area (Å²) >= 11 is 3.39. The topological polar surface area (TPSA) is 29.4 Å². The Morgan fingerprint density at radius 3 is 1.21 bits per heavy atom. The smallest absolute Gasteiger partial charge is 0.284 e. The molecule has 0 amide bonds. The van der Waals surface area contributed by atoms with Gasteiger partial charge in [0.15, 0.2) is 0 Å². The van der Waals surface area contributed by atoms with Crippen molar-refractivity contribution in [1.29, 1.82) is 0 Å². The van der Waals surface area contributed by atoms with Gasteiger partial charge in [-0.1, -0.05) is 0 Å². The van der Waals surface area contributed by atoms with Crippen LogP contribution >= 0.6 is 19.5 Å². The highest BCUT2D eigenvalue weighted by molar-refractivity contribution is 7.79. The minimum Gasteiger partial charge on any atom is -0.284 e. The maximum atomic E-state index is 12.6. The Bertz CT molecular complexity index is 416. The Morgan fingerprint density at radius 2 is 1.05 bits per heavy atom. The Kier molecular flexibility index (Phi) is 4.54. The molecule has 0 aromatic carbocycles. The molecule has 0 rings (SSSR count). The Balaban J connectivity index is 6.38. The summed E-state index contributed by atoms with van der Waals surface area (Å²) in [5, 5.41) is 0.450. The van der Waals surface area contributed by atoms with E-state index in [1.807, 2.05) is 0 Å². The van der Waals surface area contributed by atoms with E-state index in [0.717, 1.165) is 0 Å². The highest BCUT2D eigenvalue weighted by Crippen LogP contribution is 2.77. The molecule has 0 fully saturated rings. The van der Waals surface area contributed by atoms with Gasteiger partial charge in [-0.05, 0) is 12.2 Å². The fraction of sp³-hybridized carbons (Fsp3) is 0.800. The van der Waals surface area contributed by atoms with Crippen LogP contribution in [0.15, 0.2) is 4.76 Å². The third-order valence-electron chi connectivity index (χ3n) is 1.63. The van der Waals surface area contributed by atoms with E-state index in [-0.39, 0.29) is 0 Å². The predicted molar refractivity (Wildman–Crippen MR) is 44.6 cm³/mol. The van der Waals surface area contributed by atoms with Gasteiger partial charge in [-0.2, -0.15) is 48.7 Å². The molecule has 0 spiro atoms. The minimum absolute atomic E-state index is 0.450.